The third-order valence-corrected chi connectivity index (χ3v) is 6.81. The molecule has 9 heteroatoms. The average Bonchev–Trinajstić information content (AvgIpc) is 3.15. The Balaban J connectivity index is 1.39. The Morgan fingerprint density at radius 1 is 1.09 bits per heavy atom. The number of hydrogen-bond acceptors (Lipinski definition) is 4. The number of nitrogens with zero attached hydrogens (tertiary/aromatic N) is 3. The van der Waals surface area contributed by atoms with E-state index in [1.165, 1.54) is 18.5 Å². The summed E-state index contributed by atoms with van der Waals surface area (Å²) >= 11 is 0. The molecule has 0 radical (unpaired) electrons. The molecule has 1 amide bonds. The van der Waals surface area contributed by atoms with E-state index < -0.39 is 29.5 Å². The molecule has 1 unspecified atom stereocenters. The molecule has 5 rings (SSSR count). The van der Waals surface area contributed by atoms with Crippen molar-refractivity contribution in [1.82, 2.24) is 14.9 Å². The zero-order valence-corrected chi connectivity index (χ0v) is 19.3. The summed E-state index contributed by atoms with van der Waals surface area (Å²) in [5, 5.41) is 3.12. The van der Waals surface area contributed by atoms with Crippen molar-refractivity contribution in [3.8, 4) is 11.1 Å². The fourth-order valence-corrected chi connectivity index (χ4v) is 4.77. The third kappa shape index (κ3) is 4.24. The molecule has 1 aromatic carbocycles. The number of benzene rings is 1. The molecule has 2 aliphatic rings. The topological polar surface area (TPSA) is 58.1 Å². The van der Waals surface area contributed by atoms with E-state index in [-0.39, 0.29) is 29.9 Å². The van der Waals surface area contributed by atoms with Gasteiger partial charge in [0.1, 0.15) is 17.5 Å². The van der Waals surface area contributed by atoms with Gasteiger partial charge in [-0.15, -0.1) is 0 Å². The molecule has 0 bridgehead atoms. The third-order valence-electron chi connectivity index (χ3n) is 6.81. The SMILES string of the molecule is CCN1Cc2c(ccnc2NC(C)c2cc(F)c(-c3ccnc(C4CC(F)(F)C4)c3)cc2F)C1=O. The number of aromatic nitrogens is 2. The minimum Gasteiger partial charge on any atom is -0.363 e. The van der Waals surface area contributed by atoms with Gasteiger partial charge in [-0.1, -0.05) is 0 Å². The van der Waals surface area contributed by atoms with Crippen LogP contribution in [0, 0.1) is 11.6 Å². The Labute approximate surface area is 200 Å². The first-order chi connectivity index (χ1) is 16.7. The molecule has 3 heterocycles. The minimum atomic E-state index is -2.69. The number of hydrogen-bond donors (Lipinski definition) is 1. The van der Waals surface area contributed by atoms with Crippen molar-refractivity contribution in [1.29, 1.82) is 0 Å². The minimum absolute atomic E-state index is 0.0381. The van der Waals surface area contributed by atoms with Crippen LogP contribution >= 0.6 is 0 Å². The fraction of sp³-hybridized carbons (Fsp3) is 0.346. The van der Waals surface area contributed by atoms with Crippen LogP contribution in [0.2, 0.25) is 0 Å². The molecule has 3 aromatic rings. The Morgan fingerprint density at radius 2 is 1.83 bits per heavy atom. The van der Waals surface area contributed by atoms with Gasteiger partial charge in [0.05, 0.1) is 12.6 Å². The van der Waals surface area contributed by atoms with Crippen molar-refractivity contribution < 1.29 is 22.4 Å². The van der Waals surface area contributed by atoms with Crippen molar-refractivity contribution >= 4 is 11.7 Å². The van der Waals surface area contributed by atoms with Gasteiger partial charge in [-0.05, 0) is 49.7 Å². The maximum absolute atomic E-state index is 15.2. The zero-order chi connectivity index (χ0) is 24.9. The van der Waals surface area contributed by atoms with Gasteiger partial charge < -0.3 is 10.2 Å². The van der Waals surface area contributed by atoms with Crippen molar-refractivity contribution in [2.24, 2.45) is 0 Å². The van der Waals surface area contributed by atoms with E-state index in [4.69, 9.17) is 0 Å². The Kier molecular flexibility index (Phi) is 5.73. The summed E-state index contributed by atoms with van der Waals surface area (Å²) in [5.74, 6) is -3.96. The maximum Gasteiger partial charge on any atom is 0.254 e. The number of nitrogens with one attached hydrogen (secondary N) is 1. The number of alkyl halides is 2. The molecular formula is C26H24F4N4O. The Hall–Kier alpha value is -3.49. The van der Waals surface area contributed by atoms with E-state index in [9.17, 15) is 13.6 Å². The highest BCUT2D eigenvalue weighted by atomic mass is 19.3. The van der Waals surface area contributed by atoms with Gasteiger partial charge in [0, 0.05) is 65.6 Å². The second-order valence-electron chi connectivity index (χ2n) is 9.16. The zero-order valence-electron chi connectivity index (χ0n) is 19.3. The van der Waals surface area contributed by atoms with E-state index in [0.29, 0.717) is 35.7 Å². The summed E-state index contributed by atoms with van der Waals surface area (Å²) in [5.41, 5.74) is 2.26. The van der Waals surface area contributed by atoms with E-state index >= 15 is 8.78 Å². The van der Waals surface area contributed by atoms with Crippen LogP contribution in [-0.2, 0) is 6.54 Å². The van der Waals surface area contributed by atoms with Crippen molar-refractivity contribution in [2.45, 2.75) is 51.1 Å². The lowest BCUT2D eigenvalue weighted by molar-refractivity contribution is -0.0876. The first kappa shape index (κ1) is 23.3. The summed E-state index contributed by atoms with van der Waals surface area (Å²) in [6, 6.07) is 6.36. The molecule has 1 aliphatic carbocycles. The highest BCUT2D eigenvalue weighted by molar-refractivity contribution is 5.99. The van der Waals surface area contributed by atoms with Crippen LogP contribution < -0.4 is 5.32 Å². The normalized spacial score (nSPS) is 17.8. The van der Waals surface area contributed by atoms with Gasteiger partial charge in [-0.3, -0.25) is 9.78 Å². The van der Waals surface area contributed by atoms with Gasteiger partial charge in [0.25, 0.3) is 5.91 Å². The van der Waals surface area contributed by atoms with Crippen molar-refractivity contribution in [3.05, 3.63) is 76.7 Å². The van der Waals surface area contributed by atoms with Crippen LogP contribution in [0.3, 0.4) is 0 Å². The number of anilines is 1. The van der Waals surface area contributed by atoms with Crippen LogP contribution in [0.4, 0.5) is 23.4 Å². The fourth-order valence-electron chi connectivity index (χ4n) is 4.77. The molecule has 1 aliphatic heterocycles. The van der Waals surface area contributed by atoms with Crippen molar-refractivity contribution in [2.75, 3.05) is 11.9 Å². The lowest BCUT2D eigenvalue weighted by atomic mass is 9.78. The second kappa shape index (κ2) is 8.62. The van der Waals surface area contributed by atoms with Gasteiger partial charge in [-0.25, -0.2) is 22.5 Å². The summed E-state index contributed by atoms with van der Waals surface area (Å²) in [4.78, 5) is 22.6. The number of halogens is 4. The number of carbonyl (C=O) groups is 1. The molecule has 0 saturated heterocycles. The van der Waals surface area contributed by atoms with Gasteiger partial charge in [0.2, 0.25) is 5.92 Å². The van der Waals surface area contributed by atoms with Gasteiger partial charge >= 0.3 is 0 Å². The predicted molar refractivity (Wildman–Crippen MR) is 123 cm³/mol. The van der Waals surface area contributed by atoms with Crippen LogP contribution in [-0.4, -0.2) is 33.2 Å². The highest BCUT2D eigenvalue weighted by Gasteiger charge is 2.46. The van der Waals surface area contributed by atoms with E-state index in [0.717, 1.165) is 17.7 Å². The smallest absolute Gasteiger partial charge is 0.254 e. The number of rotatable bonds is 6. The summed E-state index contributed by atoms with van der Waals surface area (Å²) in [6.07, 6.45) is 2.37. The Bertz CT molecular complexity index is 1300. The predicted octanol–water partition coefficient (Wildman–Crippen LogP) is 6.08. The Morgan fingerprint density at radius 3 is 2.54 bits per heavy atom. The molecule has 182 valence electrons. The molecule has 1 saturated carbocycles. The van der Waals surface area contributed by atoms with Crippen LogP contribution in [0.25, 0.3) is 11.1 Å². The van der Waals surface area contributed by atoms with Gasteiger partial charge in [-0.2, -0.15) is 0 Å². The number of fused-ring (bicyclic) bond motifs is 1. The lowest BCUT2D eigenvalue weighted by Gasteiger charge is -2.34. The molecule has 5 nitrogen and oxygen atoms in total. The molecule has 35 heavy (non-hydrogen) atoms. The molecule has 1 fully saturated rings. The average molecular weight is 484 g/mol. The molecule has 1 atom stereocenters. The molecule has 2 aromatic heterocycles. The first-order valence-electron chi connectivity index (χ1n) is 11.5. The van der Waals surface area contributed by atoms with Gasteiger partial charge in [0.15, 0.2) is 0 Å². The molecular weight excluding hydrogens is 460 g/mol. The first-order valence-corrected chi connectivity index (χ1v) is 11.5. The van der Waals surface area contributed by atoms with E-state index in [1.807, 2.05) is 6.92 Å². The second-order valence-corrected chi connectivity index (χ2v) is 9.16. The number of amides is 1. The van der Waals surface area contributed by atoms with Crippen molar-refractivity contribution in [3.63, 3.8) is 0 Å². The summed E-state index contributed by atoms with van der Waals surface area (Å²) < 4.78 is 56.8. The highest BCUT2D eigenvalue weighted by Crippen LogP contribution is 2.48. The number of carbonyl (C=O) groups excluding carboxylic acids is 1. The van der Waals surface area contributed by atoms with Crippen LogP contribution in [0.1, 0.15) is 65.8 Å². The summed E-state index contributed by atoms with van der Waals surface area (Å²) in [6.45, 7) is 4.54. The molecule has 1 N–H and O–H groups in total. The quantitative estimate of drug-likeness (QED) is 0.431. The lowest BCUT2D eigenvalue weighted by Crippen LogP contribution is -2.34. The standard InChI is InChI=1S/C26H24F4N4O/c1-3-34-13-20-17(25(34)35)5-7-32-24(20)33-14(2)18-9-22(28)19(10-21(18)27)15-4-6-31-23(8-15)16-11-26(29,30)12-16/h4-10,14,16H,3,11-13H2,1-2H3,(H,32,33). The van der Waals surface area contributed by atoms with Crippen LogP contribution in [0.5, 0.6) is 0 Å². The number of pyridine rings is 2. The maximum atomic E-state index is 15.2. The van der Waals surface area contributed by atoms with Crippen LogP contribution in [0.15, 0.2) is 42.7 Å². The summed E-state index contributed by atoms with van der Waals surface area (Å²) in [7, 11) is 0. The molecule has 0 spiro atoms. The largest absolute Gasteiger partial charge is 0.363 e. The monoisotopic (exact) mass is 484 g/mol. The van der Waals surface area contributed by atoms with E-state index in [2.05, 4.69) is 15.3 Å². The van der Waals surface area contributed by atoms with E-state index in [1.54, 1.807) is 24.0 Å².